The normalized spacial score (nSPS) is 16.9. The summed E-state index contributed by atoms with van der Waals surface area (Å²) in [5, 5.41) is 17.1. The van der Waals surface area contributed by atoms with Gasteiger partial charge in [-0.3, -0.25) is 14.2 Å². The Kier molecular flexibility index (Phi) is 6.49. The molecule has 2 aromatic heterocycles. The summed E-state index contributed by atoms with van der Waals surface area (Å²) in [5.41, 5.74) is -1.15. The number of halogens is 2. The summed E-state index contributed by atoms with van der Waals surface area (Å²) in [7, 11) is 0. The molecular formula is C23H24F2N6O5. The quantitative estimate of drug-likeness (QED) is 0.531. The Morgan fingerprint density at radius 3 is 2.81 bits per heavy atom. The second kappa shape index (κ2) is 9.74. The van der Waals surface area contributed by atoms with E-state index in [1.165, 1.54) is 16.7 Å². The first-order chi connectivity index (χ1) is 17.4. The molecular weight excluding hydrogens is 478 g/mol. The molecule has 1 aromatic carbocycles. The Bertz CT molecular complexity index is 1350. The number of carbonyl (C=O) groups is 1. The van der Waals surface area contributed by atoms with E-state index in [1.54, 1.807) is 0 Å². The number of benzene rings is 1. The molecule has 0 unspecified atom stereocenters. The number of aromatic nitrogens is 5. The lowest BCUT2D eigenvalue weighted by Gasteiger charge is -2.35. The molecule has 1 spiro atoms. The van der Waals surface area contributed by atoms with E-state index >= 15 is 0 Å². The number of rotatable bonds is 5. The molecule has 0 atom stereocenters. The fourth-order valence-electron chi connectivity index (χ4n) is 4.63. The van der Waals surface area contributed by atoms with Crippen molar-refractivity contribution >= 4 is 5.91 Å². The number of nitrogens with one attached hydrogen (secondary N) is 1. The van der Waals surface area contributed by atoms with E-state index in [-0.39, 0.29) is 31.2 Å². The van der Waals surface area contributed by atoms with E-state index in [9.17, 15) is 23.5 Å². The van der Waals surface area contributed by atoms with E-state index in [1.807, 2.05) is 0 Å². The fourth-order valence-corrected chi connectivity index (χ4v) is 4.63. The van der Waals surface area contributed by atoms with Crippen LogP contribution in [-0.2, 0) is 34.7 Å². The third-order valence-electron chi connectivity index (χ3n) is 6.58. The van der Waals surface area contributed by atoms with Crippen LogP contribution in [0.15, 0.2) is 29.3 Å². The van der Waals surface area contributed by atoms with Crippen LogP contribution < -0.4 is 10.9 Å². The van der Waals surface area contributed by atoms with Crippen LogP contribution >= 0.6 is 0 Å². The standard InChI is InChI=1S/C23H24F2N6O5/c24-10-17-27-13-28-31(17)16-9-15(25)2-1-14(16)11-26-20(33)18-19(32)21(34)30-5-8-36-12-23(22(30)29-18)3-6-35-7-4-23/h1-2,9,13,32H,3-8,10-12H2,(H,26,33). The average Bonchev–Trinajstić information content (AvgIpc) is 3.30. The third-order valence-corrected chi connectivity index (χ3v) is 6.58. The Labute approximate surface area is 203 Å². The summed E-state index contributed by atoms with van der Waals surface area (Å²) in [6.45, 7) is 0.654. The zero-order chi connectivity index (χ0) is 25.3. The number of nitrogens with zero attached hydrogens (tertiary/aromatic N) is 5. The number of alkyl halides is 1. The van der Waals surface area contributed by atoms with Gasteiger partial charge in [-0.1, -0.05) is 6.07 Å². The van der Waals surface area contributed by atoms with E-state index < -0.39 is 40.8 Å². The lowest BCUT2D eigenvalue weighted by atomic mass is 9.80. The number of fused-ring (bicyclic) bond motifs is 2. The zero-order valence-corrected chi connectivity index (χ0v) is 19.2. The summed E-state index contributed by atoms with van der Waals surface area (Å²) < 4.78 is 41.0. The maximum Gasteiger partial charge on any atom is 0.296 e. The van der Waals surface area contributed by atoms with Crippen LogP contribution in [0.3, 0.4) is 0 Å². The zero-order valence-electron chi connectivity index (χ0n) is 19.2. The van der Waals surface area contributed by atoms with Crippen LogP contribution in [-0.4, -0.2) is 61.8 Å². The highest BCUT2D eigenvalue weighted by Crippen LogP contribution is 2.35. The van der Waals surface area contributed by atoms with Crippen LogP contribution in [0.1, 0.15) is 40.5 Å². The molecule has 1 saturated heterocycles. The van der Waals surface area contributed by atoms with Crippen molar-refractivity contribution in [3.05, 3.63) is 63.6 Å². The number of carbonyl (C=O) groups excluding carboxylic acids is 1. The number of ether oxygens (including phenoxy) is 2. The third kappa shape index (κ3) is 4.24. The van der Waals surface area contributed by atoms with Crippen molar-refractivity contribution in [2.75, 3.05) is 26.4 Å². The molecule has 11 nitrogen and oxygen atoms in total. The lowest BCUT2D eigenvalue weighted by molar-refractivity contribution is 0.00413. The van der Waals surface area contributed by atoms with Gasteiger partial charge in [0.25, 0.3) is 11.5 Å². The summed E-state index contributed by atoms with van der Waals surface area (Å²) in [6.07, 6.45) is 2.25. The van der Waals surface area contributed by atoms with E-state index in [0.29, 0.717) is 44.1 Å². The van der Waals surface area contributed by atoms with Gasteiger partial charge in [0.15, 0.2) is 11.5 Å². The highest BCUT2D eigenvalue weighted by molar-refractivity contribution is 5.94. The van der Waals surface area contributed by atoms with Crippen LogP contribution in [0.4, 0.5) is 8.78 Å². The summed E-state index contributed by atoms with van der Waals surface area (Å²) >= 11 is 0. The number of hydrogen-bond donors (Lipinski definition) is 2. The molecule has 2 N–H and O–H groups in total. The molecule has 4 heterocycles. The Balaban J connectivity index is 1.47. The minimum absolute atomic E-state index is 0.0322. The Morgan fingerprint density at radius 2 is 2.03 bits per heavy atom. The molecule has 5 rings (SSSR count). The molecule has 190 valence electrons. The van der Waals surface area contributed by atoms with Gasteiger partial charge < -0.3 is 19.9 Å². The molecule has 1 amide bonds. The van der Waals surface area contributed by atoms with Gasteiger partial charge in [0.05, 0.1) is 30.9 Å². The average molecular weight is 502 g/mol. The van der Waals surface area contributed by atoms with Crippen molar-refractivity contribution in [3.63, 3.8) is 0 Å². The second-order valence-electron chi connectivity index (χ2n) is 8.71. The monoisotopic (exact) mass is 502 g/mol. The van der Waals surface area contributed by atoms with Crippen molar-refractivity contribution in [2.45, 2.75) is 38.0 Å². The van der Waals surface area contributed by atoms with Crippen LogP contribution in [0.5, 0.6) is 5.75 Å². The second-order valence-corrected chi connectivity index (χ2v) is 8.71. The minimum Gasteiger partial charge on any atom is -0.501 e. The summed E-state index contributed by atoms with van der Waals surface area (Å²) in [4.78, 5) is 34.4. The topological polar surface area (TPSA) is 133 Å². The summed E-state index contributed by atoms with van der Waals surface area (Å²) in [5.74, 6) is -1.79. The van der Waals surface area contributed by atoms with Crippen molar-refractivity contribution in [1.29, 1.82) is 0 Å². The van der Waals surface area contributed by atoms with Crippen LogP contribution in [0.25, 0.3) is 5.69 Å². The van der Waals surface area contributed by atoms with Gasteiger partial charge in [-0.25, -0.2) is 23.4 Å². The van der Waals surface area contributed by atoms with E-state index in [2.05, 4.69) is 20.4 Å². The van der Waals surface area contributed by atoms with Gasteiger partial charge in [0.1, 0.15) is 24.6 Å². The molecule has 36 heavy (non-hydrogen) atoms. The van der Waals surface area contributed by atoms with Crippen LogP contribution in [0, 0.1) is 5.82 Å². The lowest BCUT2D eigenvalue weighted by Crippen LogP contribution is -2.43. The molecule has 0 saturated carbocycles. The van der Waals surface area contributed by atoms with E-state index in [0.717, 1.165) is 17.1 Å². The van der Waals surface area contributed by atoms with Gasteiger partial charge in [0.2, 0.25) is 5.75 Å². The minimum atomic E-state index is -0.921. The molecule has 0 radical (unpaired) electrons. The van der Waals surface area contributed by atoms with Gasteiger partial charge >= 0.3 is 0 Å². The smallest absolute Gasteiger partial charge is 0.296 e. The van der Waals surface area contributed by atoms with Crippen LogP contribution in [0.2, 0.25) is 0 Å². The molecule has 0 aliphatic carbocycles. The number of hydrogen-bond acceptors (Lipinski definition) is 8. The maximum atomic E-state index is 14.0. The van der Waals surface area contributed by atoms with Crippen molar-refractivity contribution < 1.29 is 28.2 Å². The predicted molar refractivity (Wildman–Crippen MR) is 120 cm³/mol. The molecule has 1 fully saturated rings. The molecule has 3 aromatic rings. The molecule has 2 aliphatic rings. The fraction of sp³-hybridized carbons (Fsp3) is 0.435. The summed E-state index contributed by atoms with van der Waals surface area (Å²) in [6, 6.07) is 3.76. The first kappa shape index (κ1) is 24.0. The SMILES string of the molecule is O=C(NCc1ccc(F)cc1-n1ncnc1CF)c1nc2n(c(=O)c1O)CCOCC21CCOCC1. The predicted octanol–water partition coefficient (Wildman–Crippen LogP) is 1.15. The molecule has 0 bridgehead atoms. The first-order valence-corrected chi connectivity index (χ1v) is 11.5. The number of aromatic hydroxyl groups is 1. The maximum absolute atomic E-state index is 14.0. The number of amides is 1. The Morgan fingerprint density at radius 1 is 1.22 bits per heavy atom. The van der Waals surface area contributed by atoms with Gasteiger partial charge in [-0.2, -0.15) is 5.10 Å². The first-order valence-electron chi connectivity index (χ1n) is 11.5. The Hall–Kier alpha value is -3.71. The van der Waals surface area contributed by atoms with Crippen molar-refractivity contribution in [2.24, 2.45) is 0 Å². The van der Waals surface area contributed by atoms with Gasteiger partial charge in [0, 0.05) is 19.8 Å². The molecule has 2 aliphatic heterocycles. The van der Waals surface area contributed by atoms with E-state index in [4.69, 9.17) is 9.47 Å². The van der Waals surface area contributed by atoms with Gasteiger partial charge in [-0.15, -0.1) is 0 Å². The largest absolute Gasteiger partial charge is 0.501 e. The van der Waals surface area contributed by atoms with Crippen molar-refractivity contribution in [1.82, 2.24) is 29.6 Å². The van der Waals surface area contributed by atoms with Crippen molar-refractivity contribution in [3.8, 4) is 11.4 Å². The van der Waals surface area contributed by atoms with Gasteiger partial charge in [-0.05, 0) is 30.5 Å². The molecule has 13 heteroatoms. The highest BCUT2D eigenvalue weighted by Gasteiger charge is 2.41. The highest BCUT2D eigenvalue weighted by atomic mass is 19.1.